The van der Waals surface area contributed by atoms with Gasteiger partial charge >= 0.3 is 0 Å². The molecule has 4 N–H and O–H groups in total. The first-order chi connectivity index (χ1) is 11.2. The number of nitrogens with one attached hydrogen (secondary N) is 1. The van der Waals surface area contributed by atoms with Gasteiger partial charge in [-0.15, -0.1) is 10.2 Å². The second-order valence-electron chi connectivity index (χ2n) is 5.15. The molecule has 0 fully saturated rings. The van der Waals surface area contributed by atoms with E-state index in [1.807, 2.05) is 46.1 Å². The highest BCUT2D eigenvalue weighted by atomic mass is 32.2. The second-order valence-corrected chi connectivity index (χ2v) is 6.97. The number of fused-ring (bicyclic) bond motifs is 1. The van der Waals surface area contributed by atoms with Crippen molar-refractivity contribution >= 4 is 29.2 Å². The number of hydrogen-bond acceptors (Lipinski definition) is 6. The lowest BCUT2D eigenvalue weighted by atomic mass is 10.1. The molecule has 0 unspecified atom stereocenters. The number of ether oxygens (including phenoxy) is 1. The highest BCUT2D eigenvalue weighted by molar-refractivity contribution is 8.02. The minimum absolute atomic E-state index is 0.112. The smallest absolute Gasteiger partial charge is 0.214 e. The van der Waals surface area contributed by atoms with Gasteiger partial charge in [0.2, 0.25) is 11.0 Å². The monoisotopic (exact) mass is 350 g/mol. The van der Waals surface area contributed by atoms with Crippen LogP contribution in [0, 0.1) is 0 Å². The van der Waals surface area contributed by atoms with Crippen LogP contribution in [0.1, 0.15) is 23.9 Å². The van der Waals surface area contributed by atoms with Crippen molar-refractivity contribution in [2.24, 2.45) is 0 Å². The fourth-order valence-electron chi connectivity index (χ4n) is 2.30. The van der Waals surface area contributed by atoms with Crippen LogP contribution in [-0.2, 0) is 0 Å². The number of nitrogens with zero attached hydrogens (tertiary/aromatic N) is 3. The summed E-state index contributed by atoms with van der Waals surface area (Å²) in [6, 6.07) is 8.08. The van der Waals surface area contributed by atoms with Crippen LogP contribution in [0.2, 0.25) is 0 Å². The average molecular weight is 350 g/mol. The van der Waals surface area contributed by atoms with Crippen LogP contribution < -0.4 is 15.9 Å². The summed E-state index contributed by atoms with van der Waals surface area (Å²) in [5.41, 5.74) is 9.69. The molecule has 0 amide bonds. The molecule has 8 heteroatoms. The molecule has 1 aromatic heterocycles. The van der Waals surface area contributed by atoms with E-state index in [4.69, 9.17) is 4.74 Å². The summed E-state index contributed by atoms with van der Waals surface area (Å²) in [7, 11) is 1.67. The maximum atomic E-state index is 5.30. The lowest BCUT2D eigenvalue weighted by Gasteiger charge is -2.20. The zero-order valence-corrected chi connectivity index (χ0v) is 14.8. The van der Waals surface area contributed by atoms with Crippen LogP contribution in [-0.4, -0.2) is 34.0 Å². The molecule has 1 aliphatic rings. The van der Waals surface area contributed by atoms with E-state index in [2.05, 4.69) is 27.6 Å². The van der Waals surface area contributed by atoms with E-state index in [1.165, 1.54) is 0 Å². The van der Waals surface area contributed by atoms with Gasteiger partial charge < -0.3 is 10.5 Å². The molecule has 1 atom stereocenters. The summed E-state index contributed by atoms with van der Waals surface area (Å²) in [6.45, 7) is 0. The maximum Gasteiger partial charge on any atom is 0.214 e. The number of aromatic nitrogens is 3. The fraction of sp³-hybridized carbons (Fsp3) is 0.333. The maximum absolute atomic E-state index is 5.30. The molecule has 0 spiro atoms. The molecule has 0 bridgehead atoms. The zero-order chi connectivity index (χ0) is 16.2. The molecule has 0 saturated heterocycles. The van der Waals surface area contributed by atoms with Gasteiger partial charge in [0, 0.05) is 17.4 Å². The first kappa shape index (κ1) is 16.2. The highest BCUT2D eigenvalue weighted by Gasteiger charge is 2.24. The first-order valence-electron chi connectivity index (χ1n) is 7.28. The Balaban J connectivity index is 1.83. The number of methoxy groups -OCH3 is 1. The summed E-state index contributed by atoms with van der Waals surface area (Å²) in [6.07, 6.45) is 3.08. The number of thioether (sulfide) groups is 2. The summed E-state index contributed by atoms with van der Waals surface area (Å²) < 4.78 is 7.24. The third-order valence-corrected chi connectivity index (χ3v) is 5.06. The Labute approximate surface area is 143 Å². The fourth-order valence-corrected chi connectivity index (χ4v) is 3.56. The van der Waals surface area contributed by atoms with Crippen LogP contribution in [0.4, 0.5) is 0 Å². The van der Waals surface area contributed by atoms with Crippen molar-refractivity contribution in [3.05, 3.63) is 41.1 Å². The number of benzene rings is 1. The van der Waals surface area contributed by atoms with E-state index >= 15 is 0 Å². The van der Waals surface area contributed by atoms with Gasteiger partial charge in [-0.3, -0.25) is 5.43 Å². The van der Waals surface area contributed by atoms with Gasteiger partial charge in [0.1, 0.15) is 11.8 Å². The Bertz CT molecular complexity index is 716. The summed E-state index contributed by atoms with van der Waals surface area (Å²) >= 11 is 3.38. The molecule has 0 radical (unpaired) electrons. The van der Waals surface area contributed by atoms with Gasteiger partial charge in [-0.2, -0.15) is 11.8 Å². The number of rotatable bonds is 6. The predicted molar refractivity (Wildman–Crippen MR) is 94.8 cm³/mol. The van der Waals surface area contributed by atoms with Crippen LogP contribution >= 0.6 is 23.5 Å². The summed E-state index contributed by atoms with van der Waals surface area (Å²) in [5.74, 6) is 2.76. The summed E-state index contributed by atoms with van der Waals surface area (Å²) in [4.78, 5) is 0. The minimum atomic E-state index is 0.112. The Morgan fingerprint density at radius 1 is 1.43 bits per heavy atom. The molecular formula is C15H20N5OS2+. The Morgan fingerprint density at radius 3 is 3.09 bits per heavy atom. The molecule has 0 aliphatic carbocycles. The summed E-state index contributed by atoms with van der Waals surface area (Å²) in [5, 5.41) is 11.4. The molecule has 1 aromatic carbocycles. The van der Waals surface area contributed by atoms with Gasteiger partial charge in [-0.1, -0.05) is 23.9 Å². The van der Waals surface area contributed by atoms with E-state index in [1.54, 1.807) is 18.9 Å². The number of quaternary nitrogens is 1. The van der Waals surface area contributed by atoms with Gasteiger partial charge in [-0.05, 0) is 24.1 Å². The van der Waals surface area contributed by atoms with Crippen LogP contribution in [0.3, 0.4) is 0 Å². The van der Waals surface area contributed by atoms with Crippen molar-refractivity contribution in [1.82, 2.24) is 14.9 Å². The van der Waals surface area contributed by atoms with Gasteiger partial charge in [0.25, 0.3) is 0 Å². The van der Waals surface area contributed by atoms with Crippen molar-refractivity contribution < 1.29 is 10.5 Å². The molecule has 2 aromatic rings. The molecule has 2 heterocycles. The molecule has 1 aliphatic heterocycles. The van der Waals surface area contributed by atoms with Crippen molar-refractivity contribution in [3.8, 4) is 5.75 Å². The predicted octanol–water partition coefficient (Wildman–Crippen LogP) is 1.97. The molecule has 23 heavy (non-hydrogen) atoms. The van der Waals surface area contributed by atoms with Crippen molar-refractivity contribution in [2.45, 2.75) is 17.6 Å². The van der Waals surface area contributed by atoms with Crippen LogP contribution in [0.15, 0.2) is 34.8 Å². The normalized spacial score (nSPS) is 14.7. The van der Waals surface area contributed by atoms with Crippen molar-refractivity contribution in [2.75, 3.05) is 24.5 Å². The molecule has 122 valence electrons. The standard InChI is InChI=1S/C15H19N5OS2/c1-21-11-5-3-4-10(8-11)13-9-23-15-18-17-14(20(15)19-13)12(16)6-7-22-2/h3-5,8-9,12,19H,6-7,16H2,1-2H3/p+1/t12-/m0/s1. The Morgan fingerprint density at radius 2 is 2.30 bits per heavy atom. The van der Waals surface area contributed by atoms with Gasteiger partial charge in [0.15, 0.2) is 0 Å². The average Bonchev–Trinajstić information content (AvgIpc) is 3.03. The third-order valence-electron chi connectivity index (χ3n) is 3.59. The molecule has 3 rings (SSSR count). The van der Waals surface area contributed by atoms with E-state index in [0.29, 0.717) is 0 Å². The first-order valence-corrected chi connectivity index (χ1v) is 9.56. The van der Waals surface area contributed by atoms with Crippen LogP contribution in [0.25, 0.3) is 5.70 Å². The minimum Gasteiger partial charge on any atom is -0.497 e. The Kier molecular flexibility index (Phi) is 5.14. The largest absolute Gasteiger partial charge is 0.497 e. The molecule has 0 saturated carbocycles. The van der Waals surface area contributed by atoms with Crippen LogP contribution in [0.5, 0.6) is 5.75 Å². The van der Waals surface area contributed by atoms with Crippen molar-refractivity contribution in [1.29, 1.82) is 0 Å². The Hall–Kier alpha value is -1.64. The second kappa shape index (κ2) is 7.29. The van der Waals surface area contributed by atoms with Gasteiger partial charge in [0.05, 0.1) is 12.8 Å². The third kappa shape index (κ3) is 3.49. The quantitative estimate of drug-likeness (QED) is 0.829. The molecule has 6 nitrogen and oxygen atoms in total. The van der Waals surface area contributed by atoms with E-state index in [0.717, 1.165) is 40.2 Å². The van der Waals surface area contributed by atoms with E-state index < -0.39 is 0 Å². The SMILES string of the molecule is COc1cccc(C2=CSc3nnc([C@@H]([NH3+])CCSC)n3N2)c1. The lowest BCUT2D eigenvalue weighted by Crippen LogP contribution is -2.55. The van der Waals surface area contributed by atoms with E-state index in [-0.39, 0.29) is 6.04 Å². The van der Waals surface area contributed by atoms with Crippen molar-refractivity contribution in [3.63, 3.8) is 0 Å². The number of hydrogen-bond donors (Lipinski definition) is 2. The molecular weight excluding hydrogens is 330 g/mol. The lowest BCUT2D eigenvalue weighted by molar-refractivity contribution is -0.429. The van der Waals surface area contributed by atoms with E-state index in [9.17, 15) is 0 Å². The van der Waals surface area contributed by atoms with Gasteiger partial charge in [-0.25, -0.2) is 4.68 Å². The highest BCUT2D eigenvalue weighted by Crippen LogP contribution is 2.30. The zero-order valence-electron chi connectivity index (χ0n) is 13.2. The topological polar surface area (TPSA) is 79.6 Å².